The SMILES string of the molecule is CCn1c(=O)n(C2CCCC2)c2nc(Cl)ncc21. The minimum Gasteiger partial charge on any atom is -0.289 e. The summed E-state index contributed by atoms with van der Waals surface area (Å²) in [5.74, 6) is 0. The van der Waals surface area contributed by atoms with Crippen molar-refractivity contribution in [2.45, 2.75) is 45.2 Å². The zero-order valence-electron chi connectivity index (χ0n) is 10.3. The lowest BCUT2D eigenvalue weighted by molar-refractivity contribution is 0.501. The van der Waals surface area contributed by atoms with Gasteiger partial charge in [0.2, 0.25) is 5.28 Å². The number of halogens is 1. The molecule has 2 heterocycles. The molecule has 0 N–H and O–H groups in total. The lowest BCUT2D eigenvalue weighted by Gasteiger charge is -2.10. The highest BCUT2D eigenvalue weighted by Crippen LogP contribution is 2.30. The molecule has 0 aromatic carbocycles. The smallest absolute Gasteiger partial charge is 0.289 e. The van der Waals surface area contributed by atoms with Crippen molar-refractivity contribution in [1.29, 1.82) is 0 Å². The summed E-state index contributed by atoms with van der Waals surface area (Å²) in [7, 11) is 0. The molecule has 5 nitrogen and oxygen atoms in total. The zero-order valence-corrected chi connectivity index (χ0v) is 11.0. The number of hydrogen-bond donors (Lipinski definition) is 0. The highest BCUT2D eigenvalue weighted by Gasteiger charge is 2.24. The van der Waals surface area contributed by atoms with Crippen LogP contribution in [-0.2, 0) is 6.54 Å². The molecule has 0 atom stereocenters. The minimum atomic E-state index is 0.0102. The van der Waals surface area contributed by atoms with E-state index in [0.29, 0.717) is 12.2 Å². The Hall–Kier alpha value is -1.36. The Morgan fingerprint density at radius 2 is 2.17 bits per heavy atom. The summed E-state index contributed by atoms with van der Waals surface area (Å²) in [4.78, 5) is 20.7. The first-order valence-electron chi connectivity index (χ1n) is 6.35. The van der Waals surface area contributed by atoms with Crippen molar-refractivity contribution >= 4 is 22.8 Å². The minimum absolute atomic E-state index is 0.0102. The third-order valence-corrected chi connectivity index (χ3v) is 3.86. The fourth-order valence-electron chi connectivity index (χ4n) is 2.83. The quantitative estimate of drug-likeness (QED) is 0.784. The van der Waals surface area contributed by atoms with Gasteiger partial charge in [0.15, 0.2) is 5.65 Å². The summed E-state index contributed by atoms with van der Waals surface area (Å²) in [6.45, 7) is 2.58. The van der Waals surface area contributed by atoms with Crippen LogP contribution in [0.3, 0.4) is 0 Å². The van der Waals surface area contributed by atoms with Gasteiger partial charge < -0.3 is 0 Å². The Labute approximate surface area is 109 Å². The molecule has 0 saturated heterocycles. The predicted octanol–water partition coefficient (Wildman–Crippen LogP) is 2.38. The lowest BCUT2D eigenvalue weighted by Crippen LogP contribution is -2.26. The van der Waals surface area contributed by atoms with Gasteiger partial charge in [-0.25, -0.2) is 9.78 Å². The first kappa shape index (κ1) is 11.7. The molecule has 1 saturated carbocycles. The van der Waals surface area contributed by atoms with Crippen LogP contribution in [0.1, 0.15) is 38.6 Å². The lowest BCUT2D eigenvalue weighted by atomic mass is 10.2. The molecule has 6 heteroatoms. The van der Waals surface area contributed by atoms with Gasteiger partial charge in [-0.05, 0) is 31.4 Å². The third-order valence-electron chi connectivity index (χ3n) is 3.68. The number of fused-ring (bicyclic) bond motifs is 1. The van der Waals surface area contributed by atoms with Gasteiger partial charge in [-0.15, -0.1) is 0 Å². The average Bonchev–Trinajstić information content (AvgIpc) is 2.94. The highest BCUT2D eigenvalue weighted by atomic mass is 35.5. The maximum Gasteiger partial charge on any atom is 0.330 e. The van der Waals surface area contributed by atoms with E-state index in [4.69, 9.17) is 11.6 Å². The topological polar surface area (TPSA) is 52.7 Å². The van der Waals surface area contributed by atoms with Gasteiger partial charge in [-0.1, -0.05) is 12.8 Å². The molecule has 2 aromatic heterocycles. The number of rotatable bonds is 2. The van der Waals surface area contributed by atoms with Crippen LogP contribution in [0.2, 0.25) is 5.28 Å². The van der Waals surface area contributed by atoms with Crippen molar-refractivity contribution in [3.63, 3.8) is 0 Å². The number of hydrogen-bond acceptors (Lipinski definition) is 3. The molecule has 0 radical (unpaired) electrons. The van der Waals surface area contributed by atoms with Crippen LogP contribution in [-0.4, -0.2) is 19.1 Å². The van der Waals surface area contributed by atoms with Crippen molar-refractivity contribution in [2.75, 3.05) is 0 Å². The van der Waals surface area contributed by atoms with E-state index in [2.05, 4.69) is 9.97 Å². The van der Waals surface area contributed by atoms with E-state index < -0.39 is 0 Å². The summed E-state index contributed by atoms with van der Waals surface area (Å²) in [5.41, 5.74) is 1.46. The molecule has 0 aliphatic heterocycles. The van der Waals surface area contributed by atoms with Crippen LogP contribution in [0.5, 0.6) is 0 Å². The average molecular weight is 267 g/mol. The van der Waals surface area contributed by atoms with Crippen molar-refractivity contribution in [3.8, 4) is 0 Å². The molecular formula is C12H15ClN4O. The molecular weight excluding hydrogens is 252 g/mol. The standard InChI is InChI=1S/C12H15ClN4O/c1-2-16-9-7-14-11(13)15-10(9)17(12(16)18)8-5-3-4-6-8/h7-8H,2-6H2,1H3. The third kappa shape index (κ3) is 1.65. The number of aromatic nitrogens is 4. The summed E-state index contributed by atoms with van der Waals surface area (Å²) in [6.07, 6.45) is 6.08. The van der Waals surface area contributed by atoms with Crippen molar-refractivity contribution < 1.29 is 0 Å². The molecule has 1 fully saturated rings. The Morgan fingerprint density at radius 1 is 1.44 bits per heavy atom. The summed E-state index contributed by atoms with van der Waals surface area (Å²) < 4.78 is 3.52. The van der Waals surface area contributed by atoms with Gasteiger partial charge in [-0.2, -0.15) is 4.98 Å². The molecule has 0 spiro atoms. The number of imidazole rings is 1. The molecule has 1 aliphatic carbocycles. The van der Waals surface area contributed by atoms with Crippen LogP contribution in [0.4, 0.5) is 0 Å². The van der Waals surface area contributed by atoms with Gasteiger partial charge >= 0.3 is 5.69 Å². The largest absolute Gasteiger partial charge is 0.330 e. The monoisotopic (exact) mass is 266 g/mol. The molecule has 96 valence electrons. The second kappa shape index (κ2) is 4.39. The molecule has 0 amide bonds. The molecule has 2 aromatic rings. The molecule has 0 bridgehead atoms. The van der Waals surface area contributed by atoms with E-state index in [0.717, 1.165) is 18.4 Å². The van der Waals surface area contributed by atoms with Gasteiger partial charge in [0.25, 0.3) is 0 Å². The molecule has 18 heavy (non-hydrogen) atoms. The second-order valence-electron chi connectivity index (χ2n) is 4.68. The van der Waals surface area contributed by atoms with Crippen LogP contribution in [0.25, 0.3) is 11.2 Å². The molecule has 0 unspecified atom stereocenters. The van der Waals surface area contributed by atoms with Crippen molar-refractivity contribution in [2.24, 2.45) is 0 Å². The van der Waals surface area contributed by atoms with E-state index in [1.807, 2.05) is 6.92 Å². The predicted molar refractivity (Wildman–Crippen MR) is 70.0 cm³/mol. The van der Waals surface area contributed by atoms with E-state index in [-0.39, 0.29) is 17.0 Å². The zero-order chi connectivity index (χ0) is 12.7. The van der Waals surface area contributed by atoms with Crippen LogP contribution >= 0.6 is 11.6 Å². The highest BCUT2D eigenvalue weighted by molar-refractivity contribution is 6.28. The summed E-state index contributed by atoms with van der Waals surface area (Å²) in [5, 5.41) is 0.197. The van der Waals surface area contributed by atoms with Crippen LogP contribution < -0.4 is 5.69 Å². The van der Waals surface area contributed by atoms with Gasteiger partial charge in [-0.3, -0.25) is 9.13 Å². The van der Waals surface area contributed by atoms with E-state index in [1.165, 1.54) is 12.8 Å². The maximum atomic E-state index is 12.4. The van der Waals surface area contributed by atoms with Crippen LogP contribution in [0.15, 0.2) is 11.0 Å². The van der Waals surface area contributed by atoms with E-state index in [9.17, 15) is 4.79 Å². The normalized spacial score (nSPS) is 16.8. The Morgan fingerprint density at radius 3 is 2.83 bits per heavy atom. The molecule has 3 rings (SSSR count). The first-order chi connectivity index (χ1) is 8.72. The molecule has 1 aliphatic rings. The second-order valence-corrected chi connectivity index (χ2v) is 5.02. The first-order valence-corrected chi connectivity index (χ1v) is 6.73. The Balaban J connectivity index is 2.31. The van der Waals surface area contributed by atoms with E-state index in [1.54, 1.807) is 15.3 Å². The van der Waals surface area contributed by atoms with Gasteiger partial charge in [0, 0.05) is 12.6 Å². The number of nitrogens with zero attached hydrogens (tertiary/aromatic N) is 4. The van der Waals surface area contributed by atoms with Gasteiger partial charge in [0.1, 0.15) is 5.52 Å². The Kier molecular flexibility index (Phi) is 2.86. The fraction of sp³-hybridized carbons (Fsp3) is 0.583. The van der Waals surface area contributed by atoms with E-state index >= 15 is 0 Å². The number of aryl methyl sites for hydroxylation is 1. The van der Waals surface area contributed by atoms with Crippen LogP contribution in [0, 0.1) is 0 Å². The van der Waals surface area contributed by atoms with Gasteiger partial charge in [0.05, 0.1) is 6.20 Å². The maximum absolute atomic E-state index is 12.4. The Bertz CT molecular complexity index is 639. The summed E-state index contributed by atoms with van der Waals surface area (Å²) >= 11 is 5.86. The van der Waals surface area contributed by atoms with Crippen molar-refractivity contribution in [3.05, 3.63) is 22.0 Å². The summed E-state index contributed by atoms with van der Waals surface area (Å²) in [6, 6.07) is 0.263. The van der Waals surface area contributed by atoms with Crippen molar-refractivity contribution in [1.82, 2.24) is 19.1 Å². The fourth-order valence-corrected chi connectivity index (χ4v) is 2.96.